The summed E-state index contributed by atoms with van der Waals surface area (Å²) < 4.78 is 0. The fourth-order valence-electron chi connectivity index (χ4n) is 0. The van der Waals surface area contributed by atoms with E-state index in [-0.39, 0.29) is 150 Å². The number of rotatable bonds is 0. The smallest absolute Gasteiger partial charge is 0 e. The maximum absolute atomic E-state index is 0. The molecule has 33 valence electrons. The molecule has 0 N–H and O–H groups in total. The van der Waals surface area contributed by atoms with E-state index in [2.05, 4.69) is 0 Å². The van der Waals surface area contributed by atoms with Gasteiger partial charge in [-0.2, -0.15) is 0 Å². The minimum Gasteiger partial charge on any atom is 0 e. The Kier molecular flexibility index (Phi) is 156. The van der Waals surface area contributed by atoms with Gasteiger partial charge in [-0.05, 0) is 0 Å². The van der Waals surface area contributed by atoms with Gasteiger partial charge in [0, 0.05) is 54.9 Å². The van der Waals surface area contributed by atoms with E-state index in [0.29, 0.717) is 0 Å². The van der Waals surface area contributed by atoms with Crippen molar-refractivity contribution in [3.05, 3.63) is 0 Å². The third-order valence-corrected chi connectivity index (χ3v) is 0. The van der Waals surface area contributed by atoms with Crippen LogP contribution in [0.15, 0.2) is 0 Å². The second-order valence-electron chi connectivity index (χ2n) is 0. The molecule has 0 aliphatic carbocycles. The van der Waals surface area contributed by atoms with Gasteiger partial charge in [-0.3, -0.25) is 0 Å². The van der Waals surface area contributed by atoms with Gasteiger partial charge in [0.25, 0.3) is 0 Å². The molecule has 0 saturated carbocycles. The Morgan fingerprint density at radius 1 is 1.00 bits per heavy atom. The van der Waals surface area contributed by atoms with E-state index in [1.807, 2.05) is 0 Å². The molecule has 0 nitrogen and oxygen atoms in total. The predicted octanol–water partition coefficient (Wildman–Crippen LogP) is -1.84. The Hall–Kier alpha value is 4.65. The van der Waals surface area contributed by atoms with E-state index >= 15 is 0 Å². The fraction of sp³-hybridized carbons (Fsp3) is 0. The van der Waals surface area contributed by atoms with Crippen LogP contribution in [-0.4, -0.2) is 95.1 Å². The molecule has 0 aromatic heterocycles. The average molecular weight is 557 g/mol. The van der Waals surface area contributed by atoms with Gasteiger partial charge in [0.1, 0.15) is 0 Å². The van der Waals surface area contributed by atoms with Crippen molar-refractivity contribution in [2.45, 2.75) is 0 Å². The van der Waals surface area contributed by atoms with E-state index in [0.717, 1.165) is 0 Å². The minimum atomic E-state index is 0. The Morgan fingerprint density at radius 3 is 1.00 bits per heavy atom. The third-order valence-electron chi connectivity index (χ3n) is 0. The maximum Gasteiger partial charge on any atom is 0 e. The number of hydrogen-bond acceptors (Lipinski definition) is 0. The summed E-state index contributed by atoms with van der Waals surface area (Å²) in [6.07, 6.45) is 0. The molecule has 0 rings (SSSR count). The largest absolute Gasteiger partial charge is 0 e. The molecule has 1 radical (unpaired) electrons. The van der Waals surface area contributed by atoms with Gasteiger partial charge in [-0.25, -0.2) is 0 Å². The first-order valence-corrected chi connectivity index (χ1v) is 0. The van der Waals surface area contributed by atoms with Gasteiger partial charge in [0.05, 0.1) is 0 Å². The monoisotopic (exact) mass is 559 g/mol. The zero-order valence-electron chi connectivity index (χ0n) is 1.80. The molecule has 0 aromatic carbocycles. The van der Waals surface area contributed by atoms with Gasteiger partial charge in [0.2, 0.25) is 0 Å². The molecular formula is H4BiCoCsFeMo. The molecule has 5 heteroatoms. The van der Waals surface area contributed by atoms with Crippen molar-refractivity contribution in [3.8, 4) is 0 Å². The van der Waals surface area contributed by atoms with Crippen molar-refractivity contribution in [1.82, 2.24) is 0 Å². The molecule has 0 aliphatic heterocycles. The number of hydrogen-bond donors (Lipinski definition) is 0. The van der Waals surface area contributed by atoms with E-state index < -0.39 is 0 Å². The van der Waals surface area contributed by atoms with Gasteiger partial charge in [-0.1, -0.05) is 0 Å². The van der Waals surface area contributed by atoms with Gasteiger partial charge < -0.3 is 0 Å². The molecular weight excluding hydrogens is 553 g/mol. The van der Waals surface area contributed by atoms with E-state index in [1.54, 1.807) is 0 Å². The van der Waals surface area contributed by atoms with Crippen LogP contribution < -0.4 is 0 Å². The van der Waals surface area contributed by atoms with Crippen molar-refractivity contribution >= 4 is 95.1 Å². The SMILES string of the molecule is [BiH3].[Co].[CsH].[Fe].[Mo]. The molecule has 0 atom stereocenters. The average Bonchev–Trinajstić information content (AvgIpc) is 0. The van der Waals surface area contributed by atoms with Crippen LogP contribution in [0.1, 0.15) is 0 Å². The van der Waals surface area contributed by atoms with Gasteiger partial charge >= 0.3 is 95.1 Å². The van der Waals surface area contributed by atoms with Gasteiger partial charge in [0.15, 0.2) is 0 Å². The van der Waals surface area contributed by atoms with Crippen molar-refractivity contribution < 1.29 is 54.9 Å². The molecule has 0 saturated heterocycles. The fourth-order valence-corrected chi connectivity index (χ4v) is 0. The quantitative estimate of drug-likeness (QED) is 0.308. The normalized spacial score (nSPS) is 0. The van der Waals surface area contributed by atoms with Crippen LogP contribution in [0.4, 0.5) is 0 Å². The molecule has 0 bridgehead atoms. The van der Waals surface area contributed by atoms with E-state index in [9.17, 15) is 0 Å². The molecule has 0 heterocycles. The second-order valence-corrected chi connectivity index (χ2v) is 0. The first-order chi connectivity index (χ1) is 0. The van der Waals surface area contributed by atoms with Crippen LogP contribution >= 0.6 is 0 Å². The minimum absolute atomic E-state index is 0. The van der Waals surface area contributed by atoms with Crippen LogP contribution in [-0.2, 0) is 54.9 Å². The van der Waals surface area contributed by atoms with Crippen molar-refractivity contribution in [3.63, 3.8) is 0 Å². The molecule has 0 unspecified atom stereocenters. The second kappa shape index (κ2) is 23.4. The standard InChI is InChI=1S/Bi.Co.Cs.Fe.Mo.4H. The summed E-state index contributed by atoms with van der Waals surface area (Å²) in [5, 5.41) is 0. The zero-order valence-corrected chi connectivity index (χ0v) is 11.5. The summed E-state index contributed by atoms with van der Waals surface area (Å²) in [7, 11) is 0. The van der Waals surface area contributed by atoms with Crippen LogP contribution in [0.2, 0.25) is 0 Å². The predicted molar refractivity (Wildman–Crippen MR) is 17.1 cm³/mol. The van der Waals surface area contributed by atoms with Crippen molar-refractivity contribution in [1.29, 1.82) is 0 Å². The van der Waals surface area contributed by atoms with Crippen molar-refractivity contribution in [2.75, 3.05) is 0 Å². The first kappa shape index (κ1) is 33.4. The molecule has 5 heavy (non-hydrogen) atoms. The van der Waals surface area contributed by atoms with Crippen LogP contribution in [0, 0.1) is 0 Å². The molecule has 0 aromatic rings. The Morgan fingerprint density at radius 2 is 1.00 bits per heavy atom. The maximum atomic E-state index is 0. The summed E-state index contributed by atoms with van der Waals surface area (Å²) in [6, 6.07) is 0. The van der Waals surface area contributed by atoms with Crippen LogP contribution in [0.5, 0.6) is 0 Å². The molecule has 0 fully saturated rings. The zero-order chi connectivity index (χ0) is 0. The summed E-state index contributed by atoms with van der Waals surface area (Å²) in [5.74, 6) is 0. The van der Waals surface area contributed by atoms with Gasteiger partial charge in [-0.15, -0.1) is 0 Å². The first-order valence-electron chi connectivity index (χ1n) is 0. The summed E-state index contributed by atoms with van der Waals surface area (Å²) >= 11 is 0. The Labute approximate surface area is 145 Å². The summed E-state index contributed by atoms with van der Waals surface area (Å²) in [5.41, 5.74) is 0. The van der Waals surface area contributed by atoms with Crippen LogP contribution in [0.3, 0.4) is 0 Å². The third kappa shape index (κ3) is 17.7. The molecule has 0 spiro atoms. The Balaban J connectivity index is 0. The summed E-state index contributed by atoms with van der Waals surface area (Å²) in [4.78, 5) is 0. The van der Waals surface area contributed by atoms with E-state index in [4.69, 9.17) is 0 Å². The van der Waals surface area contributed by atoms with E-state index in [1.165, 1.54) is 0 Å². The molecule has 0 amide bonds. The Bertz CT molecular complexity index is 11.6. The van der Waals surface area contributed by atoms with Crippen molar-refractivity contribution in [2.24, 2.45) is 0 Å². The molecule has 0 aliphatic rings. The van der Waals surface area contributed by atoms with Crippen LogP contribution in [0.25, 0.3) is 0 Å². The summed E-state index contributed by atoms with van der Waals surface area (Å²) in [6.45, 7) is 0. The topological polar surface area (TPSA) is 0 Å².